The van der Waals surface area contributed by atoms with Crippen molar-refractivity contribution in [2.24, 2.45) is 5.92 Å². The molecule has 3 saturated heterocycles. The third-order valence-corrected chi connectivity index (χ3v) is 7.73. The van der Waals surface area contributed by atoms with E-state index >= 15 is 0 Å². The van der Waals surface area contributed by atoms with E-state index in [-0.39, 0.29) is 42.0 Å². The maximum Gasteiger partial charge on any atom is 0.407 e. The largest absolute Gasteiger partial charge is 0.444 e. The molecule has 4 atom stereocenters. The smallest absolute Gasteiger partial charge is 0.407 e. The summed E-state index contributed by atoms with van der Waals surface area (Å²) in [5.41, 5.74) is -1.93. The third-order valence-electron chi connectivity index (χ3n) is 7.73. The molecule has 1 aromatic rings. The van der Waals surface area contributed by atoms with Crippen LogP contribution in [0.4, 0.5) is 18.0 Å². The van der Waals surface area contributed by atoms with Crippen molar-refractivity contribution in [3.8, 4) is 0 Å². The van der Waals surface area contributed by atoms with E-state index in [1.165, 1.54) is 6.42 Å². The molecule has 0 radical (unpaired) electrons. The van der Waals surface area contributed by atoms with E-state index < -0.39 is 46.6 Å². The van der Waals surface area contributed by atoms with E-state index in [4.69, 9.17) is 4.74 Å². The van der Waals surface area contributed by atoms with Crippen LogP contribution in [-0.4, -0.2) is 58.4 Å². The maximum absolute atomic E-state index is 14.3. The molecule has 4 rings (SSSR count). The highest BCUT2D eigenvalue weighted by atomic mass is 19.2. The first-order chi connectivity index (χ1) is 18.7. The lowest BCUT2D eigenvalue weighted by Gasteiger charge is -2.53. The molecular formula is C29H40F3N3O5. The van der Waals surface area contributed by atoms with Crippen LogP contribution >= 0.6 is 0 Å². The van der Waals surface area contributed by atoms with E-state index in [2.05, 4.69) is 10.6 Å². The summed E-state index contributed by atoms with van der Waals surface area (Å²) in [4.78, 5) is 50.3. The summed E-state index contributed by atoms with van der Waals surface area (Å²) < 4.78 is 46.5. The minimum Gasteiger partial charge on any atom is -0.444 e. The van der Waals surface area contributed by atoms with E-state index in [9.17, 15) is 32.3 Å². The molecule has 1 aromatic carbocycles. The second-order valence-electron chi connectivity index (χ2n) is 11.9. The number of nitrogens with zero attached hydrogens (tertiary/aromatic N) is 1. The zero-order valence-corrected chi connectivity index (χ0v) is 23.9. The van der Waals surface area contributed by atoms with E-state index in [0.717, 1.165) is 31.9 Å². The number of ketones is 1. The standard InChI is InChI=1S/C23H29F3N2O4.C6H11NO/c1-12-6-7-23(13(2)20(30)28(12)23)19(29)10-15(27-21(31)32-22(3,4)5)8-14-9-17(25)18(26)11-16(14)24;8-6-4-2-1-3-5-7-6/h9,11-13,15H,6-8,10H2,1-5H3,(H,27,31);1-5H2,(H,7,8)/t12-,13+,15-,23?;/m1./s1. The minimum absolute atomic E-state index is 0.0662. The molecule has 3 heterocycles. The summed E-state index contributed by atoms with van der Waals surface area (Å²) in [6, 6.07) is 0.148. The van der Waals surface area contributed by atoms with Crippen molar-refractivity contribution in [3.63, 3.8) is 0 Å². The molecule has 0 saturated carbocycles. The highest BCUT2D eigenvalue weighted by molar-refractivity contribution is 6.05. The van der Waals surface area contributed by atoms with Gasteiger partial charge in [-0.2, -0.15) is 0 Å². The van der Waals surface area contributed by atoms with Crippen LogP contribution < -0.4 is 10.6 Å². The lowest BCUT2D eigenvalue weighted by Crippen LogP contribution is -2.72. The average molecular weight is 568 g/mol. The number of carbonyl (C=O) groups is 4. The van der Waals surface area contributed by atoms with Crippen LogP contribution in [0.1, 0.15) is 85.1 Å². The van der Waals surface area contributed by atoms with Crippen LogP contribution in [0.15, 0.2) is 12.1 Å². The number of nitrogens with one attached hydrogen (secondary N) is 2. The Balaban J connectivity index is 0.000000472. The van der Waals surface area contributed by atoms with Crippen molar-refractivity contribution >= 4 is 23.7 Å². The second-order valence-corrected chi connectivity index (χ2v) is 11.9. The molecule has 222 valence electrons. The quantitative estimate of drug-likeness (QED) is 0.387. The molecule has 1 unspecified atom stereocenters. The molecule has 8 nitrogen and oxygen atoms in total. The number of alkyl carbamates (subject to hydrolysis) is 1. The van der Waals surface area contributed by atoms with Crippen molar-refractivity contribution in [3.05, 3.63) is 35.1 Å². The van der Waals surface area contributed by atoms with Crippen LogP contribution in [0.25, 0.3) is 0 Å². The number of hydrogen-bond donors (Lipinski definition) is 2. The molecular weight excluding hydrogens is 527 g/mol. The van der Waals surface area contributed by atoms with Crippen LogP contribution in [0.3, 0.4) is 0 Å². The lowest BCUT2D eigenvalue weighted by atomic mass is 9.70. The Morgan fingerprint density at radius 3 is 2.45 bits per heavy atom. The number of β-lactam (4-membered cyclic amide) rings is 1. The minimum atomic E-state index is -1.32. The van der Waals surface area contributed by atoms with Crippen LogP contribution in [0.2, 0.25) is 0 Å². The number of amides is 3. The number of benzene rings is 1. The average Bonchev–Trinajstić information content (AvgIpc) is 2.97. The van der Waals surface area contributed by atoms with Gasteiger partial charge in [0, 0.05) is 37.5 Å². The van der Waals surface area contributed by atoms with Gasteiger partial charge in [-0.25, -0.2) is 18.0 Å². The van der Waals surface area contributed by atoms with Crippen LogP contribution in [0.5, 0.6) is 0 Å². The molecule has 3 amide bonds. The first kappa shape index (κ1) is 31.4. The normalized spacial score (nSPS) is 24.9. The van der Waals surface area contributed by atoms with Gasteiger partial charge in [-0.3, -0.25) is 14.4 Å². The number of hydrogen-bond acceptors (Lipinski definition) is 5. The van der Waals surface area contributed by atoms with Crippen molar-refractivity contribution in [1.82, 2.24) is 15.5 Å². The van der Waals surface area contributed by atoms with Crippen molar-refractivity contribution < 1.29 is 37.1 Å². The first-order valence-corrected chi connectivity index (χ1v) is 13.9. The first-order valence-electron chi connectivity index (χ1n) is 13.9. The molecule has 40 heavy (non-hydrogen) atoms. The molecule has 3 aliphatic rings. The molecule has 3 aliphatic heterocycles. The predicted molar refractivity (Wildman–Crippen MR) is 142 cm³/mol. The van der Waals surface area contributed by atoms with E-state index in [1.54, 1.807) is 32.6 Å². The topological polar surface area (TPSA) is 105 Å². The summed E-state index contributed by atoms with van der Waals surface area (Å²) in [5, 5.41) is 5.37. The van der Waals surface area contributed by atoms with E-state index in [1.807, 2.05) is 6.92 Å². The van der Waals surface area contributed by atoms with Gasteiger partial charge >= 0.3 is 6.09 Å². The highest BCUT2D eigenvalue weighted by Gasteiger charge is 2.65. The van der Waals surface area contributed by atoms with Gasteiger partial charge in [0.1, 0.15) is 17.0 Å². The summed E-state index contributed by atoms with van der Waals surface area (Å²) in [6.07, 6.45) is 4.10. The molecule has 0 aromatic heterocycles. The summed E-state index contributed by atoms with van der Waals surface area (Å²) in [7, 11) is 0. The Morgan fingerprint density at radius 2 is 1.77 bits per heavy atom. The van der Waals surface area contributed by atoms with Gasteiger partial charge in [0.05, 0.1) is 5.92 Å². The number of fused-ring (bicyclic) bond motifs is 1. The fraction of sp³-hybridized carbons (Fsp3) is 0.655. The van der Waals surface area contributed by atoms with Gasteiger partial charge < -0.3 is 20.3 Å². The number of rotatable bonds is 6. The van der Waals surface area contributed by atoms with Crippen molar-refractivity contribution in [1.29, 1.82) is 0 Å². The summed E-state index contributed by atoms with van der Waals surface area (Å²) >= 11 is 0. The van der Waals surface area contributed by atoms with Gasteiger partial charge in [0.25, 0.3) is 0 Å². The number of Topliss-reactive ketones (excluding diaryl/α,β-unsaturated/α-hetero) is 1. The Bertz CT molecular complexity index is 1130. The molecule has 0 bridgehead atoms. The molecule has 2 N–H and O–H groups in total. The Kier molecular flexibility index (Phi) is 9.89. The SMILES string of the molecule is C[C@@H]1CCC2(C(=O)C[C@@H](Cc3cc(F)c(F)cc3F)NC(=O)OC(C)(C)C)[C@@H](C)C(=O)N12.O=C1CCCCCN1. The predicted octanol–water partition coefficient (Wildman–Crippen LogP) is 4.57. The van der Waals surface area contributed by atoms with Crippen molar-refractivity contribution in [2.45, 2.75) is 109 Å². The van der Waals surface area contributed by atoms with Crippen molar-refractivity contribution in [2.75, 3.05) is 6.54 Å². The van der Waals surface area contributed by atoms with E-state index in [0.29, 0.717) is 18.9 Å². The van der Waals surface area contributed by atoms with Gasteiger partial charge in [-0.05, 0) is 71.4 Å². The lowest BCUT2D eigenvalue weighted by molar-refractivity contribution is -0.174. The maximum atomic E-state index is 14.3. The third kappa shape index (κ3) is 7.14. The Labute approximate surface area is 233 Å². The summed E-state index contributed by atoms with van der Waals surface area (Å²) in [5.74, 6) is -4.13. The number of halogens is 3. The molecule has 0 spiro atoms. The van der Waals surface area contributed by atoms with Gasteiger partial charge in [-0.15, -0.1) is 0 Å². The Morgan fingerprint density at radius 1 is 1.10 bits per heavy atom. The molecule has 0 aliphatic carbocycles. The second kappa shape index (κ2) is 12.6. The number of carbonyl (C=O) groups excluding carboxylic acids is 4. The Hall–Kier alpha value is -3.11. The fourth-order valence-corrected chi connectivity index (χ4v) is 5.71. The molecule has 11 heteroatoms. The van der Waals surface area contributed by atoms with Gasteiger partial charge in [0.2, 0.25) is 11.8 Å². The zero-order chi connectivity index (χ0) is 29.8. The highest BCUT2D eigenvalue weighted by Crippen LogP contribution is 2.50. The number of ether oxygens (including phenoxy) is 1. The van der Waals surface area contributed by atoms with Crippen LogP contribution in [0, 0.1) is 23.4 Å². The summed E-state index contributed by atoms with van der Waals surface area (Å²) in [6.45, 7) is 9.48. The van der Waals surface area contributed by atoms with Gasteiger partial charge in [-0.1, -0.05) is 13.3 Å². The molecule has 3 fully saturated rings. The zero-order valence-electron chi connectivity index (χ0n) is 23.9. The monoisotopic (exact) mass is 567 g/mol. The fourth-order valence-electron chi connectivity index (χ4n) is 5.71. The van der Waals surface area contributed by atoms with Crippen LogP contribution in [-0.2, 0) is 25.5 Å². The van der Waals surface area contributed by atoms with Gasteiger partial charge in [0.15, 0.2) is 17.4 Å².